The molecule has 0 saturated heterocycles. The summed E-state index contributed by atoms with van der Waals surface area (Å²) in [5, 5.41) is 3.90. The molecule has 0 radical (unpaired) electrons. The van der Waals surface area contributed by atoms with Gasteiger partial charge in [-0.05, 0) is 62.8 Å². The van der Waals surface area contributed by atoms with E-state index in [0.29, 0.717) is 0 Å². The normalized spacial score (nSPS) is 28.3. The largest absolute Gasteiger partial charge is 0.314 e. The van der Waals surface area contributed by atoms with E-state index < -0.39 is 0 Å². The molecule has 3 aliphatic rings. The zero-order valence-electron chi connectivity index (χ0n) is 10.6. The Labute approximate surface area is 100 Å². The molecule has 0 amide bonds. The fraction of sp³-hybridized carbons (Fsp3) is 1.00. The quantitative estimate of drug-likeness (QED) is 0.697. The molecule has 3 saturated carbocycles. The molecule has 1 N–H and O–H groups in total. The van der Waals surface area contributed by atoms with Gasteiger partial charge in [0.05, 0.1) is 0 Å². The number of hydrogen-bond donors (Lipinski definition) is 1. The zero-order valence-corrected chi connectivity index (χ0v) is 10.6. The highest BCUT2D eigenvalue weighted by atomic mass is 14.9. The molecular weight excluding hydrogens is 194 g/mol. The molecular formula is C15H27N. The minimum atomic E-state index is 0.863. The van der Waals surface area contributed by atoms with E-state index in [9.17, 15) is 0 Å². The number of rotatable bonds is 5. The van der Waals surface area contributed by atoms with E-state index in [0.717, 1.165) is 23.8 Å². The Balaban J connectivity index is 1.42. The molecule has 3 rings (SSSR count). The smallest absolute Gasteiger partial charge is 0.00671 e. The van der Waals surface area contributed by atoms with Crippen molar-refractivity contribution >= 4 is 0 Å². The summed E-state index contributed by atoms with van der Waals surface area (Å²) in [5.74, 6) is 3.29. The maximum Gasteiger partial charge on any atom is 0.00671 e. The van der Waals surface area contributed by atoms with Gasteiger partial charge in [0.25, 0.3) is 0 Å². The maximum absolute atomic E-state index is 3.90. The van der Waals surface area contributed by atoms with Crippen LogP contribution >= 0.6 is 0 Å². The minimum Gasteiger partial charge on any atom is -0.314 e. The van der Waals surface area contributed by atoms with Crippen molar-refractivity contribution in [2.75, 3.05) is 6.54 Å². The fourth-order valence-corrected chi connectivity index (χ4v) is 3.55. The summed E-state index contributed by atoms with van der Waals surface area (Å²) < 4.78 is 0. The van der Waals surface area contributed by atoms with Gasteiger partial charge in [-0.1, -0.05) is 25.7 Å². The Morgan fingerprint density at radius 1 is 0.750 bits per heavy atom. The van der Waals surface area contributed by atoms with Crippen LogP contribution in [0.2, 0.25) is 0 Å². The second kappa shape index (κ2) is 5.08. The third-order valence-electron chi connectivity index (χ3n) is 4.95. The Hall–Kier alpha value is -0.0400. The lowest BCUT2D eigenvalue weighted by atomic mass is 9.97. The van der Waals surface area contributed by atoms with Crippen LogP contribution in [0, 0.1) is 17.8 Å². The molecule has 1 nitrogen and oxygen atoms in total. The van der Waals surface area contributed by atoms with Crippen molar-refractivity contribution in [2.24, 2.45) is 17.8 Å². The summed E-state index contributed by atoms with van der Waals surface area (Å²) in [6.45, 7) is 1.35. The van der Waals surface area contributed by atoms with Gasteiger partial charge in [-0.2, -0.15) is 0 Å². The SMILES string of the molecule is C1CCCC(NCC(C2CC2)C2CC2)CC1. The first-order valence-electron chi connectivity index (χ1n) is 7.67. The second-order valence-electron chi connectivity index (χ2n) is 6.44. The lowest BCUT2D eigenvalue weighted by Gasteiger charge is -2.22. The van der Waals surface area contributed by atoms with Gasteiger partial charge in [0.2, 0.25) is 0 Å². The van der Waals surface area contributed by atoms with Gasteiger partial charge >= 0.3 is 0 Å². The molecule has 1 heteroatoms. The first kappa shape index (κ1) is 11.1. The molecule has 0 aromatic heterocycles. The van der Waals surface area contributed by atoms with Crippen LogP contribution in [0.1, 0.15) is 64.2 Å². The fourth-order valence-electron chi connectivity index (χ4n) is 3.55. The predicted octanol–water partition coefficient (Wildman–Crippen LogP) is 3.74. The van der Waals surface area contributed by atoms with E-state index >= 15 is 0 Å². The van der Waals surface area contributed by atoms with Crippen LogP contribution in [-0.4, -0.2) is 12.6 Å². The Bertz CT molecular complexity index is 197. The summed E-state index contributed by atoms with van der Waals surface area (Å²) in [6, 6.07) is 0.863. The second-order valence-corrected chi connectivity index (χ2v) is 6.44. The van der Waals surface area contributed by atoms with Crippen molar-refractivity contribution in [3.8, 4) is 0 Å². The molecule has 16 heavy (non-hydrogen) atoms. The average molecular weight is 221 g/mol. The van der Waals surface area contributed by atoms with Crippen LogP contribution in [-0.2, 0) is 0 Å². The lowest BCUT2D eigenvalue weighted by Crippen LogP contribution is -2.34. The van der Waals surface area contributed by atoms with Gasteiger partial charge in [-0.15, -0.1) is 0 Å². The zero-order chi connectivity index (χ0) is 10.8. The third-order valence-corrected chi connectivity index (χ3v) is 4.95. The molecule has 0 spiro atoms. The third kappa shape index (κ3) is 3.00. The highest BCUT2D eigenvalue weighted by Crippen LogP contribution is 2.48. The highest BCUT2D eigenvalue weighted by Gasteiger charge is 2.41. The summed E-state index contributed by atoms with van der Waals surface area (Å²) in [4.78, 5) is 0. The van der Waals surface area contributed by atoms with Crippen LogP contribution in [0.5, 0.6) is 0 Å². The molecule has 0 heterocycles. The molecule has 0 aromatic rings. The van der Waals surface area contributed by atoms with Crippen LogP contribution in [0.15, 0.2) is 0 Å². The van der Waals surface area contributed by atoms with Crippen molar-refractivity contribution in [1.82, 2.24) is 5.32 Å². The molecule has 92 valence electrons. The molecule has 3 aliphatic carbocycles. The Morgan fingerprint density at radius 3 is 1.81 bits per heavy atom. The van der Waals surface area contributed by atoms with E-state index in [1.165, 1.54) is 70.8 Å². The van der Waals surface area contributed by atoms with Crippen molar-refractivity contribution < 1.29 is 0 Å². The van der Waals surface area contributed by atoms with Crippen molar-refractivity contribution in [3.63, 3.8) is 0 Å². The average Bonchev–Trinajstić information content (AvgIpc) is 3.17. The summed E-state index contributed by atoms with van der Waals surface area (Å²) >= 11 is 0. The van der Waals surface area contributed by atoms with Crippen LogP contribution in [0.4, 0.5) is 0 Å². The Morgan fingerprint density at radius 2 is 1.31 bits per heavy atom. The van der Waals surface area contributed by atoms with E-state index in [2.05, 4.69) is 5.32 Å². The summed E-state index contributed by atoms with van der Waals surface area (Å²) in [6.07, 6.45) is 14.9. The molecule has 0 atom stereocenters. The van der Waals surface area contributed by atoms with E-state index in [4.69, 9.17) is 0 Å². The van der Waals surface area contributed by atoms with Gasteiger partial charge in [0.1, 0.15) is 0 Å². The van der Waals surface area contributed by atoms with Crippen LogP contribution in [0.3, 0.4) is 0 Å². The summed E-state index contributed by atoms with van der Waals surface area (Å²) in [5.41, 5.74) is 0. The molecule has 0 unspecified atom stereocenters. The number of hydrogen-bond acceptors (Lipinski definition) is 1. The van der Waals surface area contributed by atoms with Crippen LogP contribution in [0.25, 0.3) is 0 Å². The van der Waals surface area contributed by atoms with Crippen LogP contribution < -0.4 is 5.32 Å². The molecule has 3 fully saturated rings. The van der Waals surface area contributed by atoms with Gasteiger partial charge in [-0.25, -0.2) is 0 Å². The molecule has 0 aliphatic heterocycles. The molecule has 0 aromatic carbocycles. The molecule has 0 bridgehead atoms. The van der Waals surface area contributed by atoms with E-state index in [1.54, 1.807) is 0 Å². The van der Waals surface area contributed by atoms with Crippen molar-refractivity contribution in [3.05, 3.63) is 0 Å². The minimum absolute atomic E-state index is 0.863. The Kier molecular flexibility index (Phi) is 3.51. The van der Waals surface area contributed by atoms with Crippen molar-refractivity contribution in [1.29, 1.82) is 0 Å². The highest BCUT2D eigenvalue weighted by molar-refractivity contribution is 4.93. The van der Waals surface area contributed by atoms with E-state index in [1.807, 2.05) is 0 Å². The summed E-state index contributed by atoms with van der Waals surface area (Å²) in [7, 11) is 0. The number of nitrogens with one attached hydrogen (secondary N) is 1. The van der Waals surface area contributed by atoms with Crippen molar-refractivity contribution in [2.45, 2.75) is 70.3 Å². The predicted molar refractivity (Wildman–Crippen MR) is 68.4 cm³/mol. The standard InChI is InChI=1S/C15H27N/c1-2-4-6-14(5-3-1)16-11-15(12-7-8-12)13-9-10-13/h12-16H,1-11H2. The van der Waals surface area contributed by atoms with Gasteiger partial charge in [0, 0.05) is 6.04 Å². The maximum atomic E-state index is 3.90. The first-order valence-corrected chi connectivity index (χ1v) is 7.67. The monoisotopic (exact) mass is 221 g/mol. The van der Waals surface area contributed by atoms with E-state index in [-0.39, 0.29) is 0 Å². The topological polar surface area (TPSA) is 12.0 Å². The lowest BCUT2D eigenvalue weighted by molar-refractivity contribution is 0.341. The first-order chi connectivity index (χ1) is 7.93. The van der Waals surface area contributed by atoms with Gasteiger partial charge in [-0.3, -0.25) is 0 Å². The van der Waals surface area contributed by atoms with Gasteiger partial charge < -0.3 is 5.32 Å². The van der Waals surface area contributed by atoms with Gasteiger partial charge in [0.15, 0.2) is 0 Å².